The molecule has 3 aromatic rings. The minimum atomic E-state index is -0.218. The minimum absolute atomic E-state index is 0.0855. The average Bonchev–Trinajstić information content (AvgIpc) is 2.60. The van der Waals surface area contributed by atoms with Crippen molar-refractivity contribution in [3.8, 4) is 5.75 Å². The molecule has 0 fully saturated rings. The second-order valence-electron chi connectivity index (χ2n) is 5.52. The number of anilines is 1. The number of nitrogens with one attached hydrogen (secondary N) is 1. The first-order valence-corrected chi connectivity index (χ1v) is 7.86. The first-order valence-electron chi connectivity index (χ1n) is 7.86. The van der Waals surface area contributed by atoms with Gasteiger partial charge in [-0.15, -0.1) is 0 Å². The fourth-order valence-electron chi connectivity index (χ4n) is 2.48. The zero-order valence-corrected chi connectivity index (χ0v) is 13.2. The summed E-state index contributed by atoms with van der Waals surface area (Å²) in [6.07, 6.45) is 0.0855. The number of hydrogen-bond acceptors (Lipinski definition) is 3. The molecule has 3 aromatic carbocycles. The monoisotopic (exact) mass is 321 g/mol. The Labute approximate surface area is 140 Å². The summed E-state index contributed by atoms with van der Waals surface area (Å²) in [4.78, 5) is 11.5. The number of fused-ring (bicyclic) bond motifs is 1. The molecule has 122 valence electrons. The molecule has 0 aliphatic rings. The Morgan fingerprint density at radius 1 is 0.958 bits per heavy atom. The fourth-order valence-corrected chi connectivity index (χ4v) is 2.48. The van der Waals surface area contributed by atoms with Gasteiger partial charge in [-0.25, -0.2) is 0 Å². The number of benzene rings is 3. The summed E-state index contributed by atoms with van der Waals surface area (Å²) in [5, 5.41) is 13.9. The van der Waals surface area contributed by atoms with Crippen LogP contribution in [0.3, 0.4) is 0 Å². The molecular formula is C20H19NO3. The van der Waals surface area contributed by atoms with Gasteiger partial charge in [0.2, 0.25) is 5.91 Å². The standard InChI is InChI=1S/C20H19NO3/c22-11-10-20(23)21-18-6-3-7-19(13-18)24-14-15-8-9-16-4-1-2-5-17(16)12-15/h1-9,12-13,22H,10-11,14H2,(H,21,23). The van der Waals surface area contributed by atoms with Gasteiger partial charge < -0.3 is 15.2 Å². The van der Waals surface area contributed by atoms with Crippen LogP contribution in [0, 0.1) is 0 Å². The summed E-state index contributed by atoms with van der Waals surface area (Å²) < 4.78 is 5.82. The van der Waals surface area contributed by atoms with E-state index >= 15 is 0 Å². The molecule has 0 bridgehead atoms. The van der Waals surface area contributed by atoms with Crippen molar-refractivity contribution in [1.82, 2.24) is 0 Å². The quantitative estimate of drug-likeness (QED) is 0.727. The Bertz CT molecular complexity index is 845. The second-order valence-corrected chi connectivity index (χ2v) is 5.52. The lowest BCUT2D eigenvalue weighted by Crippen LogP contribution is -2.12. The third kappa shape index (κ3) is 4.12. The topological polar surface area (TPSA) is 58.6 Å². The molecule has 0 radical (unpaired) electrons. The van der Waals surface area contributed by atoms with Crippen LogP contribution in [0.25, 0.3) is 10.8 Å². The van der Waals surface area contributed by atoms with E-state index in [4.69, 9.17) is 9.84 Å². The van der Waals surface area contributed by atoms with Crippen LogP contribution in [0.1, 0.15) is 12.0 Å². The van der Waals surface area contributed by atoms with Gasteiger partial charge in [0.1, 0.15) is 12.4 Å². The minimum Gasteiger partial charge on any atom is -0.489 e. The predicted molar refractivity (Wildman–Crippen MR) is 95.1 cm³/mol. The lowest BCUT2D eigenvalue weighted by Gasteiger charge is -2.10. The molecule has 4 nitrogen and oxygen atoms in total. The zero-order valence-electron chi connectivity index (χ0n) is 13.2. The van der Waals surface area contributed by atoms with Gasteiger partial charge in [-0.1, -0.05) is 42.5 Å². The number of carbonyl (C=O) groups is 1. The van der Waals surface area contributed by atoms with Gasteiger partial charge in [0, 0.05) is 11.8 Å². The highest BCUT2D eigenvalue weighted by Gasteiger charge is 2.03. The third-order valence-corrected chi connectivity index (χ3v) is 3.68. The van der Waals surface area contributed by atoms with Crippen LogP contribution >= 0.6 is 0 Å². The van der Waals surface area contributed by atoms with Crippen LogP contribution < -0.4 is 10.1 Å². The van der Waals surface area contributed by atoms with E-state index in [0.29, 0.717) is 18.0 Å². The molecule has 0 aliphatic carbocycles. The number of amides is 1. The van der Waals surface area contributed by atoms with Gasteiger partial charge in [0.05, 0.1) is 13.0 Å². The van der Waals surface area contributed by atoms with Crippen molar-refractivity contribution in [2.45, 2.75) is 13.0 Å². The highest BCUT2D eigenvalue weighted by atomic mass is 16.5. The summed E-state index contributed by atoms with van der Waals surface area (Å²) >= 11 is 0. The first-order chi connectivity index (χ1) is 11.7. The van der Waals surface area contributed by atoms with E-state index in [9.17, 15) is 4.79 Å². The van der Waals surface area contributed by atoms with Crippen molar-refractivity contribution >= 4 is 22.4 Å². The van der Waals surface area contributed by atoms with Gasteiger partial charge in [-0.3, -0.25) is 4.79 Å². The SMILES string of the molecule is O=C(CCO)Nc1cccc(OCc2ccc3ccccc3c2)c1. The summed E-state index contributed by atoms with van der Waals surface area (Å²) in [5.74, 6) is 0.467. The maximum absolute atomic E-state index is 11.5. The molecule has 3 rings (SSSR count). The Balaban J connectivity index is 1.66. The normalized spacial score (nSPS) is 10.5. The highest BCUT2D eigenvalue weighted by Crippen LogP contribution is 2.20. The summed E-state index contributed by atoms with van der Waals surface area (Å²) in [7, 11) is 0. The fraction of sp³-hybridized carbons (Fsp3) is 0.150. The smallest absolute Gasteiger partial charge is 0.226 e. The van der Waals surface area contributed by atoms with Crippen molar-refractivity contribution < 1.29 is 14.6 Å². The maximum Gasteiger partial charge on any atom is 0.226 e. The van der Waals surface area contributed by atoms with Crippen LogP contribution in [-0.4, -0.2) is 17.6 Å². The van der Waals surface area contributed by atoms with E-state index in [1.807, 2.05) is 24.3 Å². The van der Waals surface area contributed by atoms with Crippen LogP contribution in [-0.2, 0) is 11.4 Å². The summed E-state index contributed by atoms with van der Waals surface area (Å²) in [6.45, 7) is 0.295. The Kier molecular flexibility index (Phi) is 5.08. The third-order valence-electron chi connectivity index (χ3n) is 3.68. The highest BCUT2D eigenvalue weighted by molar-refractivity contribution is 5.90. The predicted octanol–water partition coefficient (Wildman–Crippen LogP) is 3.74. The molecule has 24 heavy (non-hydrogen) atoms. The molecule has 0 atom stereocenters. The molecule has 1 amide bonds. The first kappa shape index (κ1) is 16.0. The van der Waals surface area contributed by atoms with E-state index < -0.39 is 0 Å². The van der Waals surface area contributed by atoms with E-state index in [0.717, 1.165) is 5.56 Å². The zero-order chi connectivity index (χ0) is 16.8. The molecule has 0 unspecified atom stereocenters. The van der Waals surface area contributed by atoms with E-state index in [-0.39, 0.29) is 18.9 Å². The van der Waals surface area contributed by atoms with Crippen LogP contribution in [0.2, 0.25) is 0 Å². The second kappa shape index (κ2) is 7.62. The molecule has 0 saturated carbocycles. The van der Waals surface area contributed by atoms with E-state index in [1.165, 1.54) is 10.8 Å². The number of aliphatic hydroxyl groups excluding tert-OH is 1. The van der Waals surface area contributed by atoms with Gasteiger partial charge in [-0.05, 0) is 34.5 Å². The summed E-state index contributed by atoms with van der Waals surface area (Å²) in [5.41, 5.74) is 1.74. The summed E-state index contributed by atoms with van der Waals surface area (Å²) in [6, 6.07) is 21.7. The Hall–Kier alpha value is -2.85. The van der Waals surface area contributed by atoms with Gasteiger partial charge in [-0.2, -0.15) is 0 Å². The number of aliphatic hydroxyl groups is 1. The molecule has 0 saturated heterocycles. The van der Waals surface area contributed by atoms with Crippen molar-refractivity contribution in [2.75, 3.05) is 11.9 Å². The van der Waals surface area contributed by atoms with Crippen LogP contribution in [0.5, 0.6) is 5.75 Å². The number of hydrogen-bond donors (Lipinski definition) is 2. The van der Waals surface area contributed by atoms with Gasteiger partial charge >= 0.3 is 0 Å². The average molecular weight is 321 g/mol. The van der Waals surface area contributed by atoms with E-state index in [1.54, 1.807) is 12.1 Å². The number of ether oxygens (including phenoxy) is 1. The Morgan fingerprint density at radius 3 is 2.62 bits per heavy atom. The maximum atomic E-state index is 11.5. The van der Waals surface area contributed by atoms with Crippen molar-refractivity contribution in [3.05, 3.63) is 72.3 Å². The molecular weight excluding hydrogens is 302 g/mol. The van der Waals surface area contributed by atoms with Crippen LogP contribution in [0.15, 0.2) is 66.7 Å². The number of rotatable bonds is 6. The van der Waals surface area contributed by atoms with Crippen molar-refractivity contribution in [1.29, 1.82) is 0 Å². The van der Waals surface area contributed by atoms with Gasteiger partial charge in [0.25, 0.3) is 0 Å². The van der Waals surface area contributed by atoms with Crippen LogP contribution in [0.4, 0.5) is 5.69 Å². The molecule has 0 spiro atoms. The Morgan fingerprint density at radius 2 is 1.79 bits per heavy atom. The molecule has 2 N–H and O–H groups in total. The lowest BCUT2D eigenvalue weighted by molar-refractivity contribution is -0.116. The molecule has 4 heteroatoms. The molecule has 0 aromatic heterocycles. The van der Waals surface area contributed by atoms with E-state index in [2.05, 4.69) is 35.6 Å². The lowest BCUT2D eigenvalue weighted by atomic mass is 10.1. The molecule has 0 heterocycles. The molecule has 0 aliphatic heterocycles. The van der Waals surface area contributed by atoms with Crippen molar-refractivity contribution in [2.24, 2.45) is 0 Å². The number of carbonyl (C=O) groups excluding carboxylic acids is 1. The van der Waals surface area contributed by atoms with Crippen molar-refractivity contribution in [3.63, 3.8) is 0 Å². The largest absolute Gasteiger partial charge is 0.489 e. The van der Waals surface area contributed by atoms with Gasteiger partial charge in [0.15, 0.2) is 0 Å².